The van der Waals surface area contributed by atoms with Crippen LogP contribution in [0.4, 0.5) is 5.69 Å². The second-order valence-corrected chi connectivity index (χ2v) is 7.68. The van der Waals surface area contributed by atoms with E-state index in [0.717, 1.165) is 32.4 Å². The molecule has 2 fully saturated rings. The van der Waals surface area contributed by atoms with E-state index < -0.39 is 0 Å². The van der Waals surface area contributed by atoms with Crippen molar-refractivity contribution in [3.8, 4) is 0 Å². The summed E-state index contributed by atoms with van der Waals surface area (Å²) in [6.45, 7) is 4.04. The lowest BCUT2D eigenvalue weighted by Gasteiger charge is -2.30. The average Bonchev–Trinajstić information content (AvgIpc) is 2.71. The molecule has 28 heavy (non-hydrogen) atoms. The number of rotatable bonds is 3. The van der Waals surface area contributed by atoms with Crippen LogP contribution in [0.5, 0.6) is 0 Å². The fourth-order valence-corrected chi connectivity index (χ4v) is 3.89. The van der Waals surface area contributed by atoms with Crippen LogP contribution in [0.2, 0.25) is 0 Å². The topological polar surface area (TPSA) is 91.7 Å². The zero-order valence-electron chi connectivity index (χ0n) is 16.6. The van der Waals surface area contributed by atoms with Gasteiger partial charge in [-0.25, -0.2) is 0 Å². The van der Waals surface area contributed by atoms with Crippen molar-refractivity contribution in [3.63, 3.8) is 0 Å². The van der Waals surface area contributed by atoms with Crippen molar-refractivity contribution < 1.29 is 14.4 Å². The van der Waals surface area contributed by atoms with Crippen LogP contribution in [0, 0.1) is 5.92 Å². The first-order chi connectivity index (χ1) is 13.4. The molecule has 8 heteroatoms. The highest BCUT2D eigenvalue weighted by Crippen LogP contribution is 2.20. The minimum absolute atomic E-state index is 0.0108. The van der Waals surface area contributed by atoms with Gasteiger partial charge in [-0.2, -0.15) is 0 Å². The predicted octanol–water partition coefficient (Wildman–Crippen LogP) is 1.21. The van der Waals surface area contributed by atoms with E-state index in [1.165, 1.54) is 23.8 Å². The van der Waals surface area contributed by atoms with E-state index in [0.29, 0.717) is 31.5 Å². The summed E-state index contributed by atoms with van der Waals surface area (Å²) in [6.07, 6.45) is 5.76. The Morgan fingerprint density at radius 2 is 1.64 bits per heavy atom. The minimum Gasteiger partial charge on any atom is -0.343 e. The van der Waals surface area contributed by atoms with E-state index in [1.54, 1.807) is 16.8 Å². The third-order valence-corrected chi connectivity index (χ3v) is 5.64. The molecule has 3 rings (SSSR count). The number of hydrogen-bond donors (Lipinski definition) is 1. The van der Waals surface area contributed by atoms with Crippen LogP contribution in [0.25, 0.3) is 0 Å². The molecule has 0 atom stereocenters. The number of likely N-dealkylation sites (tertiary alicyclic amines) is 2. The summed E-state index contributed by atoms with van der Waals surface area (Å²) >= 11 is 0. The number of anilines is 1. The van der Waals surface area contributed by atoms with Gasteiger partial charge in [0.25, 0.3) is 11.5 Å². The molecule has 1 N–H and O–H groups in total. The molecule has 3 heterocycles. The predicted molar refractivity (Wildman–Crippen MR) is 105 cm³/mol. The molecule has 1 aromatic rings. The van der Waals surface area contributed by atoms with Gasteiger partial charge in [-0.1, -0.05) is 0 Å². The molecular weight excluding hydrogens is 360 g/mol. The molecule has 0 aliphatic carbocycles. The van der Waals surface area contributed by atoms with E-state index >= 15 is 0 Å². The first kappa shape index (κ1) is 20.1. The Morgan fingerprint density at radius 3 is 2.25 bits per heavy atom. The molecule has 2 aliphatic rings. The van der Waals surface area contributed by atoms with Crippen LogP contribution in [0.15, 0.2) is 17.1 Å². The van der Waals surface area contributed by atoms with Crippen molar-refractivity contribution in [3.05, 3.63) is 28.2 Å². The third-order valence-electron chi connectivity index (χ3n) is 5.64. The number of carbonyl (C=O) groups is 3. The molecule has 152 valence electrons. The lowest BCUT2D eigenvalue weighted by molar-refractivity contribution is -0.132. The van der Waals surface area contributed by atoms with Crippen molar-refractivity contribution in [1.29, 1.82) is 0 Å². The van der Waals surface area contributed by atoms with Crippen LogP contribution in [-0.4, -0.2) is 58.3 Å². The van der Waals surface area contributed by atoms with E-state index in [1.807, 2.05) is 0 Å². The van der Waals surface area contributed by atoms with E-state index in [-0.39, 0.29) is 34.9 Å². The highest BCUT2D eigenvalue weighted by atomic mass is 16.2. The molecule has 2 aliphatic heterocycles. The zero-order valence-corrected chi connectivity index (χ0v) is 16.6. The first-order valence-corrected chi connectivity index (χ1v) is 9.93. The van der Waals surface area contributed by atoms with Gasteiger partial charge in [-0.15, -0.1) is 0 Å². The van der Waals surface area contributed by atoms with Crippen molar-refractivity contribution in [2.75, 3.05) is 31.5 Å². The number of aryl methyl sites for hydroxylation is 1. The normalized spacial score (nSPS) is 18.1. The zero-order chi connectivity index (χ0) is 20.3. The molecule has 0 saturated carbocycles. The summed E-state index contributed by atoms with van der Waals surface area (Å²) in [5.41, 5.74) is 0.194. The highest BCUT2D eigenvalue weighted by Gasteiger charge is 2.27. The maximum Gasteiger partial charge on any atom is 0.274 e. The Kier molecular flexibility index (Phi) is 6.16. The number of pyridine rings is 1. The number of nitrogens with one attached hydrogen (secondary N) is 1. The van der Waals surface area contributed by atoms with Gasteiger partial charge in [0.1, 0.15) is 5.69 Å². The number of aromatic nitrogens is 1. The monoisotopic (exact) mass is 388 g/mol. The summed E-state index contributed by atoms with van der Waals surface area (Å²) in [5, 5.41) is 2.72. The van der Waals surface area contributed by atoms with Gasteiger partial charge in [0, 0.05) is 52.3 Å². The van der Waals surface area contributed by atoms with Crippen LogP contribution < -0.4 is 10.9 Å². The van der Waals surface area contributed by atoms with E-state index in [4.69, 9.17) is 0 Å². The fraction of sp³-hybridized carbons (Fsp3) is 0.600. The van der Waals surface area contributed by atoms with Crippen molar-refractivity contribution in [2.24, 2.45) is 13.0 Å². The number of piperidine rings is 2. The Balaban J connectivity index is 1.72. The molecule has 8 nitrogen and oxygen atoms in total. The molecule has 0 aromatic carbocycles. The van der Waals surface area contributed by atoms with Crippen molar-refractivity contribution in [1.82, 2.24) is 14.4 Å². The Bertz CT molecular complexity index is 818. The second-order valence-electron chi connectivity index (χ2n) is 7.68. The van der Waals surface area contributed by atoms with Gasteiger partial charge in [0.2, 0.25) is 11.8 Å². The number of nitrogens with zero attached hydrogens (tertiary/aromatic N) is 3. The average molecular weight is 388 g/mol. The molecule has 2 saturated heterocycles. The van der Waals surface area contributed by atoms with Gasteiger partial charge in [0.15, 0.2) is 0 Å². The lowest BCUT2D eigenvalue weighted by atomic mass is 9.96. The van der Waals surface area contributed by atoms with Crippen LogP contribution in [0.3, 0.4) is 0 Å². The van der Waals surface area contributed by atoms with Crippen LogP contribution >= 0.6 is 0 Å². The molecule has 0 bridgehead atoms. The minimum atomic E-state index is -0.343. The molecule has 3 amide bonds. The van der Waals surface area contributed by atoms with Crippen molar-refractivity contribution in [2.45, 2.75) is 39.0 Å². The Morgan fingerprint density at radius 1 is 1.00 bits per heavy atom. The molecule has 0 unspecified atom stereocenters. The fourth-order valence-electron chi connectivity index (χ4n) is 3.89. The van der Waals surface area contributed by atoms with Crippen LogP contribution in [-0.2, 0) is 16.6 Å². The standard InChI is InChI=1S/C20H28N4O4/c1-14(25)23-10-6-15(7-11-23)18(26)21-17-12-16(13-22(2)20(17)28)19(27)24-8-4-3-5-9-24/h12-13,15H,3-11H2,1-2H3,(H,21,26). The maximum absolute atomic E-state index is 12.8. The SMILES string of the molecule is CC(=O)N1CCC(C(=O)Nc2cc(C(=O)N3CCCCC3)cn(C)c2=O)CC1. The van der Waals surface area contributed by atoms with E-state index in [2.05, 4.69) is 5.32 Å². The molecule has 1 aromatic heterocycles. The quantitative estimate of drug-likeness (QED) is 0.842. The number of hydrogen-bond acceptors (Lipinski definition) is 4. The third kappa shape index (κ3) is 4.43. The summed E-state index contributed by atoms with van der Waals surface area (Å²) < 4.78 is 1.34. The Hall–Kier alpha value is -2.64. The molecular formula is C20H28N4O4. The summed E-state index contributed by atoms with van der Waals surface area (Å²) in [4.78, 5) is 52.8. The Labute approximate surface area is 164 Å². The van der Waals surface area contributed by atoms with Gasteiger partial charge in [0.05, 0.1) is 5.56 Å². The second kappa shape index (κ2) is 8.58. The van der Waals surface area contributed by atoms with Gasteiger partial charge >= 0.3 is 0 Å². The molecule has 0 radical (unpaired) electrons. The summed E-state index contributed by atoms with van der Waals surface area (Å²) in [7, 11) is 1.58. The lowest BCUT2D eigenvalue weighted by Crippen LogP contribution is -2.41. The summed E-state index contributed by atoms with van der Waals surface area (Å²) in [5.74, 6) is -0.582. The van der Waals surface area contributed by atoms with Crippen LogP contribution in [0.1, 0.15) is 49.4 Å². The highest BCUT2D eigenvalue weighted by molar-refractivity contribution is 5.97. The van der Waals surface area contributed by atoms with E-state index in [9.17, 15) is 19.2 Å². The maximum atomic E-state index is 12.8. The largest absolute Gasteiger partial charge is 0.343 e. The number of carbonyl (C=O) groups excluding carboxylic acids is 3. The first-order valence-electron chi connectivity index (χ1n) is 9.93. The summed E-state index contributed by atoms with van der Waals surface area (Å²) in [6, 6.07) is 1.49. The smallest absolute Gasteiger partial charge is 0.274 e. The van der Waals surface area contributed by atoms with Gasteiger partial charge in [-0.05, 0) is 38.2 Å². The number of amides is 3. The molecule has 0 spiro atoms. The van der Waals surface area contributed by atoms with Crippen molar-refractivity contribution >= 4 is 23.4 Å². The van der Waals surface area contributed by atoms with Gasteiger partial charge in [-0.3, -0.25) is 19.2 Å². The van der Waals surface area contributed by atoms with Gasteiger partial charge < -0.3 is 19.7 Å².